The van der Waals surface area contributed by atoms with Crippen molar-refractivity contribution < 1.29 is 14.3 Å². The lowest BCUT2D eigenvalue weighted by atomic mass is 9.93. The third-order valence-corrected chi connectivity index (χ3v) is 5.15. The second-order valence-electron chi connectivity index (χ2n) is 6.20. The zero-order valence-electron chi connectivity index (χ0n) is 13.3. The molecule has 0 spiro atoms. The third-order valence-electron chi connectivity index (χ3n) is 4.65. The molecule has 6 nitrogen and oxygen atoms in total. The quantitative estimate of drug-likeness (QED) is 0.851. The molecular formula is C17H19N3O3S. The molecule has 1 aromatic carbocycles. The topological polar surface area (TPSA) is 64.6 Å². The molecule has 0 saturated heterocycles. The number of aromatic nitrogens is 2. The van der Waals surface area contributed by atoms with E-state index in [0.29, 0.717) is 12.2 Å². The van der Waals surface area contributed by atoms with E-state index in [2.05, 4.69) is 9.59 Å². The number of fused-ring (bicyclic) bond motifs is 1. The van der Waals surface area contributed by atoms with Crippen LogP contribution in [0.3, 0.4) is 0 Å². The molecule has 0 radical (unpaired) electrons. The summed E-state index contributed by atoms with van der Waals surface area (Å²) < 4.78 is 14.6. The van der Waals surface area contributed by atoms with Crippen molar-refractivity contribution in [3.05, 3.63) is 34.8 Å². The molecule has 1 saturated carbocycles. The molecule has 7 heteroatoms. The molecule has 1 aliphatic carbocycles. The van der Waals surface area contributed by atoms with Crippen LogP contribution >= 0.6 is 11.5 Å². The van der Waals surface area contributed by atoms with Crippen molar-refractivity contribution in [3.63, 3.8) is 0 Å². The summed E-state index contributed by atoms with van der Waals surface area (Å²) in [5.41, 5.74) is 1.48. The van der Waals surface area contributed by atoms with Gasteiger partial charge in [0.15, 0.2) is 17.2 Å². The summed E-state index contributed by atoms with van der Waals surface area (Å²) >= 11 is 1.21. The Kier molecular flexibility index (Phi) is 4.34. The van der Waals surface area contributed by atoms with Crippen molar-refractivity contribution in [1.29, 1.82) is 0 Å². The van der Waals surface area contributed by atoms with E-state index >= 15 is 0 Å². The zero-order valence-corrected chi connectivity index (χ0v) is 14.1. The molecule has 126 valence electrons. The van der Waals surface area contributed by atoms with Crippen LogP contribution < -0.4 is 9.47 Å². The minimum absolute atomic E-state index is 0.0340. The smallest absolute Gasteiger partial charge is 0.275 e. The number of amides is 1. The molecule has 0 N–H and O–H groups in total. The number of benzene rings is 1. The first-order valence-corrected chi connectivity index (χ1v) is 9.11. The SMILES string of the molecule is O=C(c1csnn1)N(Cc1ccc2c(c1)OCO2)C1CCCCC1. The highest BCUT2D eigenvalue weighted by Crippen LogP contribution is 2.33. The number of hydrogen-bond donors (Lipinski definition) is 0. The van der Waals surface area contributed by atoms with Gasteiger partial charge in [0.25, 0.3) is 5.91 Å². The molecule has 1 aliphatic heterocycles. The van der Waals surface area contributed by atoms with E-state index in [9.17, 15) is 4.79 Å². The van der Waals surface area contributed by atoms with Gasteiger partial charge in [-0.05, 0) is 42.1 Å². The average molecular weight is 345 g/mol. The van der Waals surface area contributed by atoms with E-state index < -0.39 is 0 Å². The molecule has 0 atom stereocenters. The molecule has 2 heterocycles. The first-order chi connectivity index (χ1) is 11.8. The Bertz CT molecular complexity index is 714. The van der Waals surface area contributed by atoms with Crippen molar-refractivity contribution in [2.45, 2.75) is 44.7 Å². The van der Waals surface area contributed by atoms with Crippen LogP contribution in [-0.2, 0) is 6.54 Å². The molecule has 24 heavy (non-hydrogen) atoms. The van der Waals surface area contributed by atoms with Crippen LogP contribution in [0, 0.1) is 0 Å². The second kappa shape index (κ2) is 6.76. The van der Waals surface area contributed by atoms with E-state index in [1.54, 1.807) is 5.38 Å². The maximum absolute atomic E-state index is 12.9. The van der Waals surface area contributed by atoms with E-state index in [4.69, 9.17) is 9.47 Å². The number of ether oxygens (including phenoxy) is 2. The minimum atomic E-state index is -0.0340. The summed E-state index contributed by atoms with van der Waals surface area (Å²) in [7, 11) is 0. The highest BCUT2D eigenvalue weighted by atomic mass is 32.1. The van der Waals surface area contributed by atoms with Gasteiger partial charge in [0.1, 0.15) is 0 Å². The molecule has 2 aromatic rings. The van der Waals surface area contributed by atoms with Crippen LogP contribution in [0.4, 0.5) is 0 Å². The number of carbonyl (C=O) groups excluding carboxylic acids is 1. The zero-order chi connectivity index (χ0) is 16.4. The van der Waals surface area contributed by atoms with Gasteiger partial charge >= 0.3 is 0 Å². The molecular weight excluding hydrogens is 326 g/mol. The number of hydrogen-bond acceptors (Lipinski definition) is 6. The van der Waals surface area contributed by atoms with Crippen molar-refractivity contribution in [2.24, 2.45) is 0 Å². The fraction of sp³-hybridized carbons (Fsp3) is 0.471. The Balaban J connectivity index is 1.58. The van der Waals surface area contributed by atoms with Crippen LogP contribution in [0.5, 0.6) is 11.5 Å². The fourth-order valence-electron chi connectivity index (χ4n) is 3.40. The summed E-state index contributed by atoms with van der Waals surface area (Å²) in [5.74, 6) is 1.48. The molecule has 2 aliphatic rings. The van der Waals surface area contributed by atoms with E-state index in [1.165, 1.54) is 30.8 Å². The van der Waals surface area contributed by atoms with E-state index in [-0.39, 0.29) is 18.7 Å². The van der Waals surface area contributed by atoms with Gasteiger partial charge in [-0.15, -0.1) is 5.10 Å². The van der Waals surface area contributed by atoms with Gasteiger partial charge in [-0.1, -0.05) is 29.8 Å². The normalized spacial score (nSPS) is 17.0. The van der Waals surface area contributed by atoms with Crippen molar-refractivity contribution >= 4 is 17.4 Å². The second-order valence-corrected chi connectivity index (χ2v) is 6.81. The van der Waals surface area contributed by atoms with Crippen LogP contribution in [0.2, 0.25) is 0 Å². The lowest BCUT2D eigenvalue weighted by Crippen LogP contribution is -2.41. The maximum atomic E-state index is 12.9. The lowest BCUT2D eigenvalue weighted by Gasteiger charge is -2.34. The van der Waals surface area contributed by atoms with Crippen LogP contribution in [0.25, 0.3) is 0 Å². The summed E-state index contributed by atoms with van der Waals surface area (Å²) in [6.45, 7) is 0.812. The minimum Gasteiger partial charge on any atom is -0.454 e. The van der Waals surface area contributed by atoms with Gasteiger partial charge in [-0.3, -0.25) is 4.79 Å². The lowest BCUT2D eigenvalue weighted by molar-refractivity contribution is 0.0608. The molecule has 1 amide bonds. The Morgan fingerprint density at radius 3 is 2.83 bits per heavy atom. The number of rotatable bonds is 4. The van der Waals surface area contributed by atoms with Crippen LogP contribution in [0.15, 0.2) is 23.6 Å². The number of carbonyl (C=O) groups is 1. The van der Waals surface area contributed by atoms with Gasteiger partial charge in [-0.25, -0.2) is 0 Å². The van der Waals surface area contributed by atoms with Crippen LogP contribution in [-0.4, -0.2) is 33.2 Å². The Morgan fingerprint density at radius 2 is 2.04 bits per heavy atom. The maximum Gasteiger partial charge on any atom is 0.275 e. The van der Waals surface area contributed by atoms with Gasteiger partial charge < -0.3 is 14.4 Å². The monoisotopic (exact) mass is 345 g/mol. The number of nitrogens with zero attached hydrogens (tertiary/aromatic N) is 3. The van der Waals surface area contributed by atoms with Crippen molar-refractivity contribution in [1.82, 2.24) is 14.5 Å². The summed E-state index contributed by atoms with van der Waals surface area (Å²) in [6.07, 6.45) is 5.69. The molecule has 0 bridgehead atoms. The average Bonchev–Trinajstić information content (AvgIpc) is 3.31. The van der Waals surface area contributed by atoms with Gasteiger partial charge in [0, 0.05) is 18.0 Å². The Morgan fingerprint density at radius 1 is 1.21 bits per heavy atom. The highest BCUT2D eigenvalue weighted by molar-refractivity contribution is 7.03. The third kappa shape index (κ3) is 3.08. The first kappa shape index (κ1) is 15.4. The predicted octanol–water partition coefficient (Wildman–Crippen LogP) is 3.24. The Labute approximate surface area is 144 Å². The largest absolute Gasteiger partial charge is 0.454 e. The molecule has 1 aromatic heterocycles. The first-order valence-electron chi connectivity index (χ1n) is 8.28. The predicted molar refractivity (Wildman–Crippen MR) is 89.2 cm³/mol. The molecule has 1 fully saturated rings. The molecule has 4 rings (SSSR count). The van der Waals surface area contributed by atoms with Crippen molar-refractivity contribution in [3.8, 4) is 11.5 Å². The molecule has 0 unspecified atom stereocenters. The standard InChI is InChI=1S/C17H19N3O3S/c21-17(14-10-24-19-18-14)20(13-4-2-1-3-5-13)9-12-6-7-15-16(8-12)23-11-22-15/h6-8,10,13H,1-5,9,11H2. The van der Waals surface area contributed by atoms with Crippen LogP contribution in [0.1, 0.15) is 48.2 Å². The summed E-state index contributed by atoms with van der Waals surface area (Å²) in [5, 5.41) is 5.68. The fourth-order valence-corrected chi connectivity index (χ4v) is 3.83. The highest BCUT2D eigenvalue weighted by Gasteiger charge is 2.28. The van der Waals surface area contributed by atoms with Gasteiger partial charge in [0.05, 0.1) is 0 Å². The van der Waals surface area contributed by atoms with Gasteiger partial charge in [0.2, 0.25) is 6.79 Å². The van der Waals surface area contributed by atoms with Gasteiger partial charge in [-0.2, -0.15) is 0 Å². The van der Waals surface area contributed by atoms with E-state index in [0.717, 1.165) is 29.9 Å². The summed E-state index contributed by atoms with van der Waals surface area (Å²) in [6, 6.07) is 6.13. The van der Waals surface area contributed by atoms with Crippen molar-refractivity contribution in [2.75, 3.05) is 6.79 Å². The van der Waals surface area contributed by atoms with E-state index in [1.807, 2.05) is 23.1 Å². The summed E-state index contributed by atoms with van der Waals surface area (Å²) in [4.78, 5) is 14.9. The Hall–Kier alpha value is -2.15.